The van der Waals surface area contributed by atoms with Crippen molar-refractivity contribution in [3.05, 3.63) is 22.7 Å². The van der Waals surface area contributed by atoms with Crippen molar-refractivity contribution in [1.82, 2.24) is 25.1 Å². The summed E-state index contributed by atoms with van der Waals surface area (Å²) in [7, 11) is 0. The molecule has 1 fully saturated rings. The van der Waals surface area contributed by atoms with E-state index in [4.69, 9.17) is 0 Å². The number of carbonyl (C=O) groups is 1. The summed E-state index contributed by atoms with van der Waals surface area (Å²) in [6.45, 7) is 1.08. The van der Waals surface area contributed by atoms with Crippen molar-refractivity contribution in [3.8, 4) is 5.69 Å². The second-order valence-electron chi connectivity index (χ2n) is 4.44. The van der Waals surface area contributed by atoms with Crippen LogP contribution in [0.15, 0.2) is 17.8 Å². The minimum atomic E-state index is -0.422. The van der Waals surface area contributed by atoms with E-state index in [2.05, 4.69) is 15.5 Å². The number of likely N-dealkylation sites (tertiary alicyclic amines) is 1. The predicted octanol–water partition coefficient (Wildman–Crippen LogP) is 0.321. The number of piperidine rings is 1. The zero-order valence-electron chi connectivity index (χ0n) is 10.1. The largest absolute Gasteiger partial charge is 0.391 e. The molecule has 1 atom stereocenters. The van der Waals surface area contributed by atoms with Gasteiger partial charge in [0.1, 0.15) is 11.2 Å². The van der Waals surface area contributed by atoms with Gasteiger partial charge in [0, 0.05) is 13.1 Å². The summed E-state index contributed by atoms with van der Waals surface area (Å²) in [5, 5.41) is 22.4. The maximum Gasteiger partial charge on any atom is 0.266 e. The van der Waals surface area contributed by atoms with Crippen LogP contribution in [-0.4, -0.2) is 55.3 Å². The van der Waals surface area contributed by atoms with Crippen molar-refractivity contribution >= 4 is 17.2 Å². The number of aromatic nitrogens is 4. The molecule has 19 heavy (non-hydrogen) atoms. The molecular formula is C11H13N5O2S. The first-order chi connectivity index (χ1) is 9.25. The molecule has 1 amide bonds. The summed E-state index contributed by atoms with van der Waals surface area (Å²) in [5.74, 6) is -0.0701. The van der Waals surface area contributed by atoms with E-state index >= 15 is 0 Å². The van der Waals surface area contributed by atoms with Gasteiger partial charge in [-0.2, -0.15) is 4.68 Å². The van der Waals surface area contributed by atoms with Crippen LogP contribution in [-0.2, 0) is 0 Å². The molecule has 2 aromatic heterocycles. The molecular weight excluding hydrogens is 266 g/mol. The first kappa shape index (κ1) is 12.2. The molecule has 0 unspecified atom stereocenters. The van der Waals surface area contributed by atoms with E-state index < -0.39 is 6.10 Å². The first-order valence-electron chi connectivity index (χ1n) is 6.04. The van der Waals surface area contributed by atoms with Crippen molar-refractivity contribution in [3.63, 3.8) is 0 Å². The molecule has 1 aliphatic heterocycles. The summed E-state index contributed by atoms with van der Waals surface area (Å²) in [4.78, 5) is 14.8. The van der Waals surface area contributed by atoms with Crippen molar-refractivity contribution in [2.45, 2.75) is 18.9 Å². The number of hydrogen-bond acceptors (Lipinski definition) is 6. The van der Waals surface area contributed by atoms with Gasteiger partial charge in [0.2, 0.25) is 0 Å². The fourth-order valence-corrected chi connectivity index (χ4v) is 3.04. The Kier molecular flexibility index (Phi) is 3.26. The van der Waals surface area contributed by atoms with Gasteiger partial charge in [0.25, 0.3) is 5.91 Å². The average Bonchev–Trinajstić information content (AvgIpc) is 3.08. The van der Waals surface area contributed by atoms with Gasteiger partial charge in [-0.25, -0.2) is 0 Å². The number of aliphatic hydroxyl groups is 1. The highest BCUT2D eigenvalue weighted by atomic mass is 32.1. The molecule has 0 aromatic carbocycles. The molecule has 1 N–H and O–H groups in total. The maximum absolute atomic E-state index is 12.5. The fraction of sp³-hybridized carbons (Fsp3) is 0.455. The Morgan fingerprint density at radius 1 is 1.53 bits per heavy atom. The second kappa shape index (κ2) is 5.06. The standard InChI is InChI=1S/C11H13N5O2S/c17-8-2-1-4-15(6-8)11(18)10-9(3-5-19-10)16-7-12-13-14-16/h3,5,7-8,17H,1-2,4,6H2/t8-/m0/s1. The van der Waals surface area contributed by atoms with Gasteiger partial charge in [-0.15, -0.1) is 16.4 Å². The Labute approximate surface area is 113 Å². The molecule has 7 nitrogen and oxygen atoms in total. The Morgan fingerprint density at radius 3 is 3.16 bits per heavy atom. The van der Waals surface area contributed by atoms with Crippen LogP contribution in [0.5, 0.6) is 0 Å². The van der Waals surface area contributed by atoms with Gasteiger partial charge in [0.15, 0.2) is 0 Å². The lowest BCUT2D eigenvalue weighted by Gasteiger charge is -2.29. The molecule has 100 valence electrons. The summed E-state index contributed by atoms with van der Waals surface area (Å²) in [6, 6.07) is 1.81. The molecule has 0 bridgehead atoms. The van der Waals surface area contributed by atoms with E-state index in [1.807, 2.05) is 11.4 Å². The van der Waals surface area contributed by atoms with E-state index in [-0.39, 0.29) is 5.91 Å². The topological polar surface area (TPSA) is 84.1 Å². The zero-order chi connectivity index (χ0) is 13.2. The number of nitrogens with zero attached hydrogens (tertiary/aromatic N) is 5. The van der Waals surface area contributed by atoms with Gasteiger partial charge in [0.05, 0.1) is 11.8 Å². The SMILES string of the molecule is O=C(c1sccc1-n1cnnn1)N1CCC[C@H](O)C1. The molecule has 0 spiro atoms. The summed E-state index contributed by atoms with van der Waals surface area (Å²) >= 11 is 1.36. The number of carbonyl (C=O) groups excluding carboxylic acids is 1. The molecule has 1 saturated heterocycles. The lowest BCUT2D eigenvalue weighted by molar-refractivity contribution is 0.0477. The quantitative estimate of drug-likeness (QED) is 0.856. The smallest absolute Gasteiger partial charge is 0.266 e. The first-order valence-corrected chi connectivity index (χ1v) is 6.92. The highest BCUT2D eigenvalue weighted by Gasteiger charge is 2.26. The number of thiophene rings is 1. The molecule has 0 aliphatic carbocycles. The monoisotopic (exact) mass is 279 g/mol. The third kappa shape index (κ3) is 2.36. The number of amides is 1. The predicted molar refractivity (Wildman–Crippen MR) is 68.2 cm³/mol. The number of hydrogen-bond donors (Lipinski definition) is 1. The van der Waals surface area contributed by atoms with Crippen molar-refractivity contribution in [2.75, 3.05) is 13.1 Å². The van der Waals surface area contributed by atoms with Crippen molar-refractivity contribution < 1.29 is 9.90 Å². The van der Waals surface area contributed by atoms with E-state index in [0.717, 1.165) is 12.8 Å². The molecule has 0 saturated carbocycles. The molecule has 0 radical (unpaired) electrons. The molecule has 3 heterocycles. The van der Waals surface area contributed by atoms with Gasteiger partial charge in [-0.3, -0.25) is 4.79 Å². The number of β-amino-alcohol motifs (C(OH)–C–C–N with tert-alkyl or cyclic N) is 1. The van der Waals surface area contributed by atoms with E-state index in [1.165, 1.54) is 22.3 Å². The minimum Gasteiger partial charge on any atom is -0.391 e. The number of tetrazole rings is 1. The van der Waals surface area contributed by atoms with Crippen LogP contribution in [0.25, 0.3) is 5.69 Å². The molecule has 3 rings (SSSR count). The maximum atomic E-state index is 12.5. The molecule has 1 aliphatic rings. The Hall–Kier alpha value is -1.80. The van der Waals surface area contributed by atoms with Gasteiger partial charge in [-0.05, 0) is 34.7 Å². The van der Waals surface area contributed by atoms with Crippen LogP contribution in [0.4, 0.5) is 0 Å². The van der Waals surface area contributed by atoms with E-state index in [0.29, 0.717) is 23.7 Å². The lowest BCUT2D eigenvalue weighted by Crippen LogP contribution is -2.42. The van der Waals surface area contributed by atoms with E-state index in [9.17, 15) is 9.90 Å². The Bertz CT molecular complexity index is 567. The summed E-state index contributed by atoms with van der Waals surface area (Å²) < 4.78 is 1.48. The van der Waals surface area contributed by atoms with Crippen LogP contribution in [0.1, 0.15) is 22.5 Å². The number of rotatable bonds is 2. The van der Waals surface area contributed by atoms with Crippen molar-refractivity contribution in [1.29, 1.82) is 0 Å². The number of aliphatic hydroxyl groups excluding tert-OH is 1. The van der Waals surface area contributed by atoms with Gasteiger partial charge in [-0.1, -0.05) is 0 Å². The summed E-state index contributed by atoms with van der Waals surface area (Å²) in [5.41, 5.74) is 0.681. The Balaban J connectivity index is 1.86. The highest BCUT2D eigenvalue weighted by Crippen LogP contribution is 2.23. The average molecular weight is 279 g/mol. The second-order valence-corrected chi connectivity index (χ2v) is 5.35. The third-order valence-corrected chi connectivity index (χ3v) is 4.01. The van der Waals surface area contributed by atoms with Crippen LogP contribution in [0.3, 0.4) is 0 Å². The molecule has 8 heteroatoms. The molecule has 2 aromatic rings. The lowest BCUT2D eigenvalue weighted by atomic mass is 10.1. The van der Waals surface area contributed by atoms with Crippen LogP contribution < -0.4 is 0 Å². The third-order valence-electron chi connectivity index (χ3n) is 3.12. The zero-order valence-corrected chi connectivity index (χ0v) is 11.0. The van der Waals surface area contributed by atoms with E-state index in [1.54, 1.807) is 4.90 Å². The summed E-state index contributed by atoms with van der Waals surface area (Å²) in [6.07, 6.45) is 2.63. The van der Waals surface area contributed by atoms with Crippen molar-refractivity contribution in [2.24, 2.45) is 0 Å². The van der Waals surface area contributed by atoms with Gasteiger partial charge < -0.3 is 10.0 Å². The van der Waals surface area contributed by atoms with Crippen LogP contribution >= 0.6 is 11.3 Å². The fourth-order valence-electron chi connectivity index (χ4n) is 2.20. The van der Waals surface area contributed by atoms with Crippen LogP contribution in [0.2, 0.25) is 0 Å². The van der Waals surface area contributed by atoms with Gasteiger partial charge >= 0.3 is 0 Å². The highest BCUT2D eigenvalue weighted by molar-refractivity contribution is 7.12. The van der Waals surface area contributed by atoms with Crippen LogP contribution in [0, 0.1) is 0 Å². The Morgan fingerprint density at radius 2 is 2.42 bits per heavy atom. The normalized spacial score (nSPS) is 19.6. The minimum absolute atomic E-state index is 0.0701.